The van der Waals surface area contributed by atoms with E-state index in [1.165, 1.54) is 11.8 Å². The van der Waals surface area contributed by atoms with Crippen LogP contribution in [0.2, 0.25) is 0 Å². The highest BCUT2D eigenvalue weighted by Crippen LogP contribution is 2.30. The van der Waals surface area contributed by atoms with Crippen LogP contribution in [0.5, 0.6) is 17.2 Å². The zero-order chi connectivity index (χ0) is 21.5. The van der Waals surface area contributed by atoms with E-state index in [0.29, 0.717) is 28.2 Å². The van der Waals surface area contributed by atoms with Gasteiger partial charge in [0.05, 0.1) is 20.0 Å². The zero-order valence-electron chi connectivity index (χ0n) is 17.3. The molecular formula is C21H24N4O4S. The average Bonchev–Trinajstić information content (AvgIpc) is 3.13. The third-order valence-electron chi connectivity index (χ3n) is 4.29. The van der Waals surface area contributed by atoms with Crippen LogP contribution in [0.1, 0.15) is 18.9 Å². The molecule has 0 aliphatic carbocycles. The Morgan fingerprint density at radius 2 is 1.83 bits per heavy atom. The van der Waals surface area contributed by atoms with Crippen molar-refractivity contribution in [3.05, 3.63) is 54.4 Å². The van der Waals surface area contributed by atoms with Gasteiger partial charge in [0.15, 0.2) is 28.6 Å². The molecule has 9 heteroatoms. The second-order valence-electron chi connectivity index (χ2n) is 6.38. The average molecular weight is 429 g/mol. The lowest BCUT2D eigenvalue weighted by atomic mass is 10.2. The fraction of sp³-hybridized carbons (Fsp3) is 0.286. The third kappa shape index (κ3) is 5.24. The molecule has 8 nitrogen and oxygen atoms in total. The maximum atomic E-state index is 12.3. The summed E-state index contributed by atoms with van der Waals surface area (Å²) in [5.41, 5.74) is 0.627. The van der Waals surface area contributed by atoms with Gasteiger partial charge in [0.25, 0.3) is 0 Å². The van der Waals surface area contributed by atoms with Gasteiger partial charge in [0, 0.05) is 18.8 Å². The fourth-order valence-corrected chi connectivity index (χ4v) is 3.52. The summed E-state index contributed by atoms with van der Waals surface area (Å²) in [6.45, 7) is 1.91. The Hall–Kier alpha value is -3.20. The number of hydrogen-bond donors (Lipinski definition) is 1. The number of thioether (sulfide) groups is 1. The van der Waals surface area contributed by atoms with E-state index in [4.69, 9.17) is 14.2 Å². The van der Waals surface area contributed by atoms with Crippen molar-refractivity contribution >= 4 is 23.4 Å². The predicted octanol–water partition coefficient (Wildman–Crippen LogP) is 3.70. The number of para-hydroxylation sites is 1. The molecule has 1 amide bonds. The molecule has 0 bridgehead atoms. The summed E-state index contributed by atoms with van der Waals surface area (Å²) in [6.07, 6.45) is -0.278. The minimum Gasteiger partial charge on any atom is -0.493 e. The molecule has 30 heavy (non-hydrogen) atoms. The second kappa shape index (κ2) is 10.0. The minimum absolute atomic E-state index is 0.162. The first kappa shape index (κ1) is 21.5. The van der Waals surface area contributed by atoms with E-state index < -0.39 is 0 Å². The molecule has 1 aromatic heterocycles. The maximum Gasteiger partial charge on any atom is 0.234 e. The molecule has 0 radical (unpaired) electrons. The van der Waals surface area contributed by atoms with Crippen molar-refractivity contribution in [2.24, 2.45) is 7.05 Å². The largest absolute Gasteiger partial charge is 0.493 e. The molecule has 0 saturated heterocycles. The lowest BCUT2D eigenvalue weighted by Gasteiger charge is -2.14. The Kier molecular flexibility index (Phi) is 7.18. The van der Waals surface area contributed by atoms with Gasteiger partial charge in [-0.3, -0.25) is 4.79 Å². The minimum atomic E-state index is -0.278. The van der Waals surface area contributed by atoms with Crippen LogP contribution in [0.25, 0.3) is 0 Å². The predicted molar refractivity (Wildman–Crippen MR) is 115 cm³/mol. The van der Waals surface area contributed by atoms with Gasteiger partial charge in [-0.15, -0.1) is 10.2 Å². The number of amides is 1. The van der Waals surface area contributed by atoms with Gasteiger partial charge >= 0.3 is 0 Å². The molecule has 1 atom stereocenters. The highest BCUT2D eigenvalue weighted by molar-refractivity contribution is 7.99. The van der Waals surface area contributed by atoms with Gasteiger partial charge in [0.2, 0.25) is 5.91 Å². The first-order chi connectivity index (χ1) is 14.5. The molecule has 1 heterocycles. The van der Waals surface area contributed by atoms with E-state index in [1.807, 2.05) is 48.9 Å². The molecular weight excluding hydrogens is 404 g/mol. The van der Waals surface area contributed by atoms with Crippen LogP contribution in [0.4, 0.5) is 5.69 Å². The Balaban J connectivity index is 1.58. The quantitative estimate of drug-likeness (QED) is 0.520. The SMILES string of the molecule is COc1ccc(NC(=O)CSc2nnc(C(C)Oc3ccccc3)n2C)cc1OC. The summed E-state index contributed by atoms with van der Waals surface area (Å²) >= 11 is 1.30. The van der Waals surface area contributed by atoms with Crippen molar-refractivity contribution < 1.29 is 19.0 Å². The number of nitrogens with one attached hydrogen (secondary N) is 1. The number of methoxy groups -OCH3 is 2. The van der Waals surface area contributed by atoms with Crippen LogP contribution in [-0.2, 0) is 11.8 Å². The van der Waals surface area contributed by atoms with Crippen LogP contribution in [0.15, 0.2) is 53.7 Å². The summed E-state index contributed by atoms with van der Waals surface area (Å²) in [4.78, 5) is 12.3. The summed E-state index contributed by atoms with van der Waals surface area (Å²) in [5, 5.41) is 11.9. The first-order valence-electron chi connectivity index (χ1n) is 9.27. The molecule has 0 aliphatic rings. The number of carbonyl (C=O) groups excluding carboxylic acids is 1. The number of ether oxygens (including phenoxy) is 3. The Morgan fingerprint density at radius 1 is 1.10 bits per heavy atom. The third-order valence-corrected chi connectivity index (χ3v) is 5.31. The smallest absolute Gasteiger partial charge is 0.234 e. The van der Waals surface area contributed by atoms with Crippen LogP contribution >= 0.6 is 11.8 Å². The number of nitrogens with zero attached hydrogens (tertiary/aromatic N) is 3. The van der Waals surface area contributed by atoms with Gasteiger partial charge in [-0.05, 0) is 31.2 Å². The molecule has 0 aliphatic heterocycles. The van der Waals surface area contributed by atoms with Crippen molar-refractivity contribution in [1.29, 1.82) is 0 Å². The van der Waals surface area contributed by atoms with E-state index in [9.17, 15) is 4.79 Å². The molecule has 1 unspecified atom stereocenters. The van der Waals surface area contributed by atoms with Gasteiger partial charge < -0.3 is 24.1 Å². The molecule has 0 spiro atoms. The van der Waals surface area contributed by atoms with E-state index in [1.54, 1.807) is 32.4 Å². The number of aromatic nitrogens is 3. The lowest BCUT2D eigenvalue weighted by Crippen LogP contribution is -2.15. The van der Waals surface area contributed by atoms with E-state index in [0.717, 1.165) is 5.75 Å². The Morgan fingerprint density at radius 3 is 2.53 bits per heavy atom. The lowest BCUT2D eigenvalue weighted by molar-refractivity contribution is -0.113. The summed E-state index contributed by atoms with van der Waals surface area (Å²) in [7, 11) is 4.97. The Bertz CT molecular complexity index is 994. The normalized spacial score (nSPS) is 11.6. The van der Waals surface area contributed by atoms with Gasteiger partial charge in [-0.1, -0.05) is 30.0 Å². The van der Waals surface area contributed by atoms with Crippen molar-refractivity contribution in [2.45, 2.75) is 18.2 Å². The van der Waals surface area contributed by atoms with Crippen molar-refractivity contribution in [2.75, 3.05) is 25.3 Å². The van der Waals surface area contributed by atoms with Crippen LogP contribution in [-0.4, -0.2) is 40.6 Å². The highest BCUT2D eigenvalue weighted by Gasteiger charge is 2.18. The monoisotopic (exact) mass is 428 g/mol. The van der Waals surface area contributed by atoms with Crippen molar-refractivity contribution in [3.63, 3.8) is 0 Å². The molecule has 3 aromatic rings. The van der Waals surface area contributed by atoms with Gasteiger partial charge in [-0.2, -0.15) is 0 Å². The molecule has 1 N–H and O–H groups in total. The van der Waals surface area contributed by atoms with E-state index in [-0.39, 0.29) is 17.8 Å². The standard InChI is InChI=1S/C21H24N4O4S/c1-14(29-16-8-6-5-7-9-16)20-23-24-21(25(20)2)30-13-19(26)22-15-10-11-17(27-3)18(12-15)28-4/h5-12,14H,13H2,1-4H3,(H,22,26). The highest BCUT2D eigenvalue weighted by atomic mass is 32.2. The molecule has 0 saturated carbocycles. The number of benzene rings is 2. The first-order valence-corrected chi connectivity index (χ1v) is 10.3. The molecule has 158 valence electrons. The fourth-order valence-electron chi connectivity index (χ4n) is 2.80. The zero-order valence-corrected chi connectivity index (χ0v) is 18.1. The van der Waals surface area contributed by atoms with Crippen LogP contribution in [0, 0.1) is 0 Å². The summed E-state index contributed by atoms with van der Waals surface area (Å²) < 4.78 is 18.2. The number of anilines is 1. The Labute approximate surface area is 179 Å². The maximum absolute atomic E-state index is 12.3. The second-order valence-corrected chi connectivity index (χ2v) is 7.32. The van der Waals surface area contributed by atoms with Crippen molar-refractivity contribution in [3.8, 4) is 17.2 Å². The molecule has 0 fully saturated rings. The topological polar surface area (TPSA) is 87.5 Å². The summed E-state index contributed by atoms with van der Waals surface area (Å²) in [5.74, 6) is 2.62. The number of hydrogen-bond acceptors (Lipinski definition) is 7. The van der Waals surface area contributed by atoms with E-state index in [2.05, 4.69) is 15.5 Å². The molecule has 2 aromatic carbocycles. The van der Waals surface area contributed by atoms with E-state index >= 15 is 0 Å². The summed E-state index contributed by atoms with van der Waals surface area (Å²) in [6, 6.07) is 14.7. The van der Waals surface area contributed by atoms with Crippen molar-refractivity contribution in [1.82, 2.24) is 14.8 Å². The molecule has 3 rings (SSSR count). The van der Waals surface area contributed by atoms with Gasteiger partial charge in [0.1, 0.15) is 5.75 Å². The number of carbonyl (C=O) groups is 1. The number of rotatable bonds is 9. The van der Waals surface area contributed by atoms with Crippen LogP contribution < -0.4 is 19.5 Å². The van der Waals surface area contributed by atoms with Gasteiger partial charge in [-0.25, -0.2) is 0 Å². The van der Waals surface area contributed by atoms with Crippen LogP contribution in [0.3, 0.4) is 0 Å².